The maximum absolute atomic E-state index is 12.7. The molecule has 1 amide bonds. The molecular weight excluding hydrogens is 308 g/mol. The van der Waals surface area contributed by atoms with Gasteiger partial charge in [-0.25, -0.2) is 0 Å². The van der Waals surface area contributed by atoms with Crippen molar-refractivity contribution in [2.75, 3.05) is 5.32 Å². The number of rotatable bonds is 1. The van der Waals surface area contributed by atoms with Crippen LogP contribution in [0.25, 0.3) is 0 Å². The van der Waals surface area contributed by atoms with Gasteiger partial charge in [-0.3, -0.25) is 9.59 Å². The SMILES string of the molecule is O=C1Nc2ccc(C(O)(C(F)(F)F)C(F)(F)F)cc2C1=O. The molecule has 0 aliphatic carbocycles. The number of halogens is 6. The number of benzene rings is 1. The Morgan fingerprint density at radius 1 is 0.952 bits per heavy atom. The second kappa shape index (κ2) is 4.20. The van der Waals surface area contributed by atoms with Crippen LogP contribution in [0.5, 0.6) is 0 Å². The first-order valence-electron chi connectivity index (χ1n) is 5.25. The van der Waals surface area contributed by atoms with E-state index < -0.39 is 40.8 Å². The molecule has 114 valence electrons. The lowest BCUT2D eigenvalue weighted by atomic mass is 9.90. The van der Waals surface area contributed by atoms with Crippen molar-refractivity contribution in [3.8, 4) is 0 Å². The zero-order valence-corrected chi connectivity index (χ0v) is 9.76. The van der Waals surface area contributed by atoms with Crippen molar-refractivity contribution in [1.82, 2.24) is 0 Å². The topological polar surface area (TPSA) is 66.4 Å². The molecule has 0 aromatic heterocycles. The van der Waals surface area contributed by atoms with Crippen LogP contribution in [0.2, 0.25) is 0 Å². The van der Waals surface area contributed by atoms with Gasteiger partial charge < -0.3 is 10.4 Å². The molecule has 2 N–H and O–H groups in total. The monoisotopic (exact) mass is 313 g/mol. The number of carbonyl (C=O) groups excluding carboxylic acids is 2. The minimum Gasteiger partial charge on any atom is -0.369 e. The summed E-state index contributed by atoms with van der Waals surface area (Å²) in [5.74, 6) is -2.46. The normalized spacial score (nSPS) is 16.0. The first kappa shape index (κ1) is 15.3. The molecule has 0 bridgehead atoms. The van der Waals surface area contributed by atoms with E-state index in [1.807, 2.05) is 5.32 Å². The van der Waals surface area contributed by atoms with E-state index >= 15 is 0 Å². The van der Waals surface area contributed by atoms with Gasteiger partial charge in [0.1, 0.15) is 0 Å². The molecule has 0 saturated carbocycles. The van der Waals surface area contributed by atoms with Crippen molar-refractivity contribution >= 4 is 17.4 Å². The highest BCUT2D eigenvalue weighted by molar-refractivity contribution is 6.51. The van der Waals surface area contributed by atoms with Gasteiger partial charge in [-0.1, -0.05) is 6.07 Å². The predicted molar refractivity (Wildman–Crippen MR) is 55.4 cm³/mol. The molecule has 0 saturated heterocycles. The Morgan fingerprint density at radius 3 is 1.95 bits per heavy atom. The number of amides is 1. The van der Waals surface area contributed by atoms with E-state index in [0.29, 0.717) is 12.1 Å². The number of anilines is 1. The van der Waals surface area contributed by atoms with Gasteiger partial charge in [0, 0.05) is 5.56 Å². The summed E-state index contributed by atoms with van der Waals surface area (Å²) in [7, 11) is 0. The molecule has 0 spiro atoms. The third-order valence-electron chi connectivity index (χ3n) is 2.96. The number of Topliss-reactive ketones (excluding diaryl/α,β-unsaturated/α-hetero) is 1. The largest absolute Gasteiger partial charge is 0.430 e. The minimum absolute atomic E-state index is 0.205. The van der Waals surface area contributed by atoms with Crippen LogP contribution in [0.15, 0.2) is 18.2 Å². The van der Waals surface area contributed by atoms with Crippen LogP contribution in [-0.4, -0.2) is 29.1 Å². The number of alkyl halides is 6. The van der Waals surface area contributed by atoms with E-state index in [4.69, 9.17) is 0 Å². The van der Waals surface area contributed by atoms with Gasteiger partial charge in [-0.2, -0.15) is 26.3 Å². The Morgan fingerprint density at radius 2 is 1.48 bits per heavy atom. The lowest BCUT2D eigenvalue weighted by molar-refractivity contribution is -0.376. The quantitative estimate of drug-likeness (QED) is 0.616. The molecule has 1 aromatic carbocycles. The van der Waals surface area contributed by atoms with Gasteiger partial charge in [0.15, 0.2) is 0 Å². The Kier molecular flexibility index (Phi) is 3.06. The summed E-state index contributed by atoms with van der Waals surface area (Å²) >= 11 is 0. The van der Waals surface area contributed by atoms with Crippen LogP contribution in [0.1, 0.15) is 15.9 Å². The molecule has 0 fully saturated rings. The van der Waals surface area contributed by atoms with Gasteiger partial charge in [0.25, 0.3) is 17.3 Å². The third-order valence-corrected chi connectivity index (χ3v) is 2.96. The summed E-state index contributed by atoms with van der Waals surface area (Å²) in [5.41, 5.74) is -7.61. The highest BCUT2D eigenvalue weighted by Crippen LogP contribution is 2.50. The van der Waals surface area contributed by atoms with Crippen molar-refractivity contribution in [1.29, 1.82) is 0 Å². The number of ketones is 1. The first-order chi connectivity index (χ1) is 9.39. The maximum Gasteiger partial charge on any atom is 0.430 e. The van der Waals surface area contributed by atoms with E-state index in [-0.39, 0.29) is 11.8 Å². The molecule has 1 aliphatic rings. The van der Waals surface area contributed by atoms with Crippen LogP contribution >= 0.6 is 0 Å². The Balaban J connectivity index is 2.65. The molecule has 0 unspecified atom stereocenters. The highest BCUT2D eigenvalue weighted by Gasteiger charge is 2.71. The van der Waals surface area contributed by atoms with E-state index in [2.05, 4.69) is 0 Å². The number of hydrogen-bond acceptors (Lipinski definition) is 3. The summed E-state index contributed by atoms with van der Waals surface area (Å²) in [6.45, 7) is 0. The highest BCUT2D eigenvalue weighted by atomic mass is 19.4. The molecule has 1 heterocycles. The summed E-state index contributed by atoms with van der Waals surface area (Å²) in [6.07, 6.45) is -12.1. The molecule has 4 nitrogen and oxygen atoms in total. The summed E-state index contributed by atoms with van der Waals surface area (Å²) in [5, 5.41) is 11.1. The Labute approximate surface area is 112 Å². The Bertz CT molecular complexity index is 620. The van der Waals surface area contributed by atoms with Crippen LogP contribution in [0.4, 0.5) is 32.0 Å². The molecule has 0 radical (unpaired) electrons. The second-order valence-electron chi connectivity index (χ2n) is 4.25. The van der Waals surface area contributed by atoms with Gasteiger partial charge in [-0.05, 0) is 12.1 Å². The average Bonchev–Trinajstić information content (AvgIpc) is 2.61. The van der Waals surface area contributed by atoms with Crippen molar-refractivity contribution in [2.24, 2.45) is 0 Å². The standard InChI is InChI=1S/C11H5F6NO3/c12-10(13,14)9(21,11(15,16)17)4-1-2-6-5(3-4)7(19)8(20)18-6/h1-3,21H,(H,18,19,20). The molecule has 1 aromatic rings. The maximum atomic E-state index is 12.7. The molecule has 2 rings (SSSR count). The summed E-state index contributed by atoms with van der Waals surface area (Å²) < 4.78 is 76.0. The summed E-state index contributed by atoms with van der Waals surface area (Å²) in [4.78, 5) is 22.3. The van der Waals surface area contributed by atoms with Crippen molar-refractivity contribution < 1.29 is 41.0 Å². The number of hydrogen-bond donors (Lipinski definition) is 2. The van der Waals surface area contributed by atoms with Crippen molar-refractivity contribution in [2.45, 2.75) is 18.0 Å². The fourth-order valence-corrected chi connectivity index (χ4v) is 1.86. The lowest BCUT2D eigenvalue weighted by Gasteiger charge is -2.32. The molecule has 1 aliphatic heterocycles. The van der Waals surface area contributed by atoms with Crippen molar-refractivity contribution in [3.63, 3.8) is 0 Å². The fourth-order valence-electron chi connectivity index (χ4n) is 1.86. The number of aliphatic hydroxyl groups is 1. The average molecular weight is 313 g/mol. The van der Waals surface area contributed by atoms with Crippen LogP contribution in [-0.2, 0) is 10.4 Å². The van der Waals surface area contributed by atoms with Crippen LogP contribution in [0, 0.1) is 0 Å². The Hall–Kier alpha value is -2.10. The lowest BCUT2D eigenvalue weighted by Crippen LogP contribution is -2.53. The van der Waals surface area contributed by atoms with E-state index in [9.17, 15) is 41.0 Å². The first-order valence-corrected chi connectivity index (χ1v) is 5.25. The zero-order chi connectivity index (χ0) is 16.2. The van der Waals surface area contributed by atoms with E-state index in [1.165, 1.54) is 0 Å². The summed E-state index contributed by atoms with van der Waals surface area (Å²) in [6, 6.07) is 1.24. The second-order valence-corrected chi connectivity index (χ2v) is 4.25. The van der Waals surface area contributed by atoms with Gasteiger partial charge in [-0.15, -0.1) is 0 Å². The van der Waals surface area contributed by atoms with Gasteiger partial charge in [0.05, 0.1) is 11.3 Å². The molecule has 10 heteroatoms. The number of carbonyl (C=O) groups is 2. The molecular formula is C11H5F6NO3. The van der Waals surface area contributed by atoms with Crippen LogP contribution < -0.4 is 5.32 Å². The van der Waals surface area contributed by atoms with E-state index in [1.54, 1.807) is 0 Å². The zero-order valence-electron chi connectivity index (χ0n) is 9.76. The fraction of sp³-hybridized carbons (Fsp3) is 0.273. The van der Waals surface area contributed by atoms with E-state index in [0.717, 1.165) is 0 Å². The predicted octanol–water partition coefficient (Wildman–Crippen LogP) is 2.13. The number of fused-ring (bicyclic) bond motifs is 1. The van der Waals surface area contributed by atoms with Gasteiger partial charge >= 0.3 is 12.4 Å². The smallest absolute Gasteiger partial charge is 0.369 e. The van der Waals surface area contributed by atoms with Crippen molar-refractivity contribution in [3.05, 3.63) is 29.3 Å². The minimum atomic E-state index is -6.06. The van der Waals surface area contributed by atoms with Gasteiger partial charge in [0.2, 0.25) is 0 Å². The van der Waals surface area contributed by atoms with Crippen LogP contribution in [0.3, 0.4) is 0 Å². The molecule has 0 atom stereocenters. The number of nitrogens with one attached hydrogen (secondary N) is 1. The third kappa shape index (κ3) is 2.06. The molecule has 21 heavy (non-hydrogen) atoms.